The van der Waals surface area contributed by atoms with E-state index in [0.717, 1.165) is 24.8 Å². The molecule has 1 saturated heterocycles. The van der Waals surface area contributed by atoms with Crippen LogP contribution in [0.1, 0.15) is 31.2 Å². The molecule has 1 aliphatic heterocycles. The minimum atomic E-state index is -0.199. The van der Waals surface area contributed by atoms with E-state index in [1.165, 1.54) is 0 Å². The lowest BCUT2D eigenvalue weighted by atomic mass is 10.2. The van der Waals surface area contributed by atoms with Crippen molar-refractivity contribution >= 4 is 17.5 Å². The molecule has 5 heteroatoms. The average molecular weight is 276 g/mol. The zero-order chi connectivity index (χ0) is 14.4. The number of hydrogen-bond acceptors (Lipinski definition) is 3. The third kappa shape index (κ3) is 4.06. The Hall–Kier alpha value is -1.88. The maximum absolute atomic E-state index is 12.0. The molecule has 0 radical (unpaired) electrons. The fraction of sp³-hybridized carbons (Fsp3) is 0.467. The van der Waals surface area contributed by atoms with Gasteiger partial charge in [-0.15, -0.1) is 0 Å². The van der Waals surface area contributed by atoms with Gasteiger partial charge in [0, 0.05) is 18.7 Å². The number of aliphatic hydroxyl groups is 1. The van der Waals surface area contributed by atoms with Crippen LogP contribution in [0.3, 0.4) is 0 Å². The fourth-order valence-corrected chi connectivity index (χ4v) is 2.33. The zero-order valence-corrected chi connectivity index (χ0v) is 11.5. The molecule has 0 aromatic heterocycles. The van der Waals surface area contributed by atoms with Gasteiger partial charge in [-0.05, 0) is 30.5 Å². The quantitative estimate of drug-likeness (QED) is 0.876. The molecule has 108 valence electrons. The standard InChI is InChI=1S/C15H20N2O3/c18-11-12-5-4-6-13(9-12)16-14(19)10-17-8-3-1-2-7-15(17)20/h4-6,9,18H,1-3,7-8,10-11H2,(H,16,19). The number of carbonyl (C=O) groups excluding carboxylic acids is 2. The third-order valence-corrected chi connectivity index (χ3v) is 3.40. The predicted octanol–water partition coefficient (Wildman–Crippen LogP) is 1.52. The molecule has 0 saturated carbocycles. The molecule has 1 heterocycles. The van der Waals surface area contributed by atoms with Gasteiger partial charge in [0.05, 0.1) is 13.2 Å². The van der Waals surface area contributed by atoms with Crippen LogP contribution in [0.2, 0.25) is 0 Å². The van der Waals surface area contributed by atoms with Gasteiger partial charge in [-0.2, -0.15) is 0 Å². The number of nitrogens with zero attached hydrogens (tertiary/aromatic N) is 1. The van der Waals surface area contributed by atoms with Crippen molar-refractivity contribution in [3.05, 3.63) is 29.8 Å². The van der Waals surface area contributed by atoms with E-state index in [-0.39, 0.29) is 25.0 Å². The molecule has 1 aromatic rings. The number of benzene rings is 1. The first-order chi connectivity index (χ1) is 9.69. The topological polar surface area (TPSA) is 69.6 Å². The highest BCUT2D eigenvalue weighted by atomic mass is 16.3. The predicted molar refractivity (Wildman–Crippen MR) is 76.0 cm³/mol. The van der Waals surface area contributed by atoms with Crippen LogP contribution < -0.4 is 5.32 Å². The normalized spacial score (nSPS) is 15.8. The van der Waals surface area contributed by atoms with Crippen molar-refractivity contribution in [2.75, 3.05) is 18.4 Å². The second-order valence-electron chi connectivity index (χ2n) is 5.03. The molecule has 1 fully saturated rings. The first kappa shape index (κ1) is 14.5. The highest BCUT2D eigenvalue weighted by Gasteiger charge is 2.19. The number of hydrogen-bond donors (Lipinski definition) is 2. The second-order valence-corrected chi connectivity index (χ2v) is 5.03. The molecular formula is C15H20N2O3. The highest BCUT2D eigenvalue weighted by Crippen LogP contribution is 2.13. The molecule has 5 nitrogen and oxygen atoms in total. The number of nitrogens with one attached hydrogen (secondary N) is 1. The Morgan fingerprint density at radius 3 is 2.95 bits per heavy atom. The summed E-state index contributed by atoms with van der Waals surface area (Å²) in [5, 5.41) is 11.8. The summed E-state index contributed by atoms with van der Waals surface area (Å²) in [5.41, 5.74) is 1.39. The lowest BCUT2D eigenvalue weighted by Gasteiger charge is -2.19. The van der Waals surface area contributed by atoms with Gasteiger partial charge in [0.25, 0.3) is 0 Å². The summed E-state index contributed by atoms with van der Waals surface area (Å²) >= 11 is 0. The summed E-state index contributed by atoms with van der Waals surface area (Å²) in [5.74, 6) is -0.142. The summed E-state index contributed by atoms with van der Waals surface area (Å²) < 4.78 is 0. The van der Waals surface area contributed by atoms with Crippen molar-refractivity contribution in [1.82, 2.24) is 4.90 Å². The van der Waals surface area contributed by atoms with Crippen molar-refractivity contribution in [2.45, 2.75) is 32.3 Å². The Bertz CT molecular complexity index is 488. The SMILES string of the molecule is O=C(CN1CCCCCC1=O)Nc1cccc(CO)c1. The van der Waals surface area contributed by atoms with E-state index in [4.69, 9.17) is 5.11 Å². The highest BCUT2D eigenvalue weighted by molar-refractivity contribution is 5.94. The van der Waals surface area contributed by atoms with Gasteiger partial charge in [-0.3, -0.25) is 9.59 Å². The molecule has 0 unspecified atom stereocenters. The summed E-state index contributed by atoms with van der Waals surface area (Å²) in [6.07, 6.45) is 3.45. The number of aliphatic hydroxyl groups excluding tert-OH is 1. The fourth-order valence-electron chi connectivity index (χ4n) is 2.33. The molecule has 0 aliphatic carbocycles. The van der Waals surface area contributed by atoms with Gasteiger partial charge >= 0.3 is 0 Å². The number of carbonyl (C=O) groups is 2. The molecule has 0 atom stereocenters. The van der Waals surface area contributed by atoms with E-state index in [2.05, 4.69) is 5.32 Å². The Kier molecular flexibility index (Phi) is 5.12. The van der Waals surface area contributed by atoms with Crippen molar-refractivity contribution in [1.29, 1.82) is 0 Å². The molecule has 2 rings (SSSR count). The monoisotopic (exact) mass is 276 g/mol. The Labute approximate surface area is 118 Å². The van der Waals surface area contributed by atoms with E-state index in [9.17, 15) is 9.59 Å². The van der Waals surface area contributed by atoms with Gasteiger partial charge in [0.2, 0.25) is 11.8 Å². The molecule has 0 spiro atoms. The maximum atomic E-state index is 12.0. The van der Waals surface area contributed by atoms with Gasteiger partial charge in [-0.25, -0.2) is 0 Å². The summed E-state index contributed by atoms with van der Waals surface area (Å²) in [6.45, 7) is 0.694. The Morgan fingerprint density at radius 2 is 2.15 bits per heavy atom. The van der Waals surface area contributed by atoms with E-state index in [0.29, 0.717) is 18.7 Å². The van der Waals surface area contributed by atoms with Crippen LogP contribution in [-0.4, -0.2) is 34.9 Å². The number of amides is 2. The summed E-state index contributed by atoms with van der Waals surface area (Å²) in [4.78, 5) is 25.4. The Morgan fingerprint density at radius 1 is 1.30 bits per heavy atom. The smallest absolute Gasteiger partial charge is 0.243 e. The van der Waals surface area contributed by atoms with Crippen molar-refractivity contribution in [3.8, 4) is 0 Å². The van der Waals surface area contributed by atoms with E-state index in [1.54, 1.807) is 29.2 Å². The summed E-state index contributed by atoms with van der Waals surface area (Å²) in [6, 6.07) is 7.05. The molecular weight excluding hydrogens is 256 g/mol. The lowest BCUT2D eigenvalue weighted by Crippen LogP contribution is -2.37. The summed E-state index contributed by atoms with van der Waals surface area (Å²) in [7, 11) is 0. The van der Waals surface area contributed by atoms with Gasteiger partial charge < -0.3 is 15.3 Å². The molecule has 2 amide bonds. The maximum Gasteiger partial charge on any atom is 0.243 e. The van der Waals surface area contributed by atoms with Crippen LogP contribution in [-0.2, 0) is 16.2 Å². The molecule has 20 heavy (non-hydrogen) atoms. The second kappa shape index (κ2) is 7.05. The van der Waals surface area contributed by atoms with Gasteiger partial charge in [-0.1, -0.05) is 18.6 Å². The van der Waals surface area contributed by atoms with Crippen LogP contribution in [0.15, 0.2) is 24.3 Å². The minimum Gasteiger partial charge on any atom is -0.392 e. The van der Waals surface area contributed by atoms with E-state index in [1.807, 2.05) is 0 Å². The van der Waals surface area contributed by atoms with E-state index < -0.39 is 0 Å². The first-order valence-electron chi connectivity index (χ1n) is 6.96. The van der Waals surface area contributed by atoms with Crippen molar-refractivity contribution in [2.24, 2.45) is 0 Å². The molecule has 1 aromatic carbocycles. The zero-order valence-electron chi connectivity index (χ0n) is 11.5. The molecule has 2 N–H and O–H groups in total. The number of likely N-dealkylation sites (tertiary alicyclic amines) is 1. The molecule has 1 aliphatic rings. The largest absolute Gasteiger partial charge is 0.392 e. The van der Waals surface area contributed by atoms with Gasteiger partial charge in [0.15, 0.2) is 0 Å². The van der Waals surface area contributed by atoms with Crippen LogP contribution in [0, 0.1) is 0 Å². The number of anilines is 1. The van der Waals surface area contributed by atoms with Crippen LogP contribution in [0.5, 0.6) is 0 Å². The van der Waals surface area contributed by atoms with Gasteiger partial charge in [0.1, 0.15) is 0 Å². The first-order valence-corrected chi connectivity index (χ1v) is 6.96. The third-order valence-electron chi connectivity index (χ3n) is 3.40. The lowest BCUT2D eigenvalue weighted by molar-refractivity contribution is -0.134. The van der Waals surface area contributed by atoms with Crippen LogP contribution in [0.4, 0.5) is 5.69 Å². The average Bonchev–Trinajstić information content (AvgIpc) is 2.64. The number of rotatable bonds is 4. The van der Waals surface area contributed by atoms with Crippen molar-refractivity contribution in [3.63, 3.8) is 0 Å². The van der Waals surface area contributed by atoms with Crippen LogP contribution in [0.25, 0.3) is 0 Å². The van der Waals surface area contributed by atoms with Crippen molar-refractivity contribution < 1.29 is 14.7 Å². The van der Waals surface area contributed by atoms with E-state index >= 15 is 0 Å². The Balaban J connectivity index is 1.92. The minimum absolute atomic E-state index is 0.0572. The van der Waals surface area contributed by atoms with Crippen LogP contribution >= 0.6 is 0 Å². The molecule has 0 bridgehead atoms.